The van der Waals surface area contributed by atoms with Crippen LogP contribution in [0.4, 0.5) is 4.39 Å². The van der Waals surface area contributed by atoms with Crippen LogP contribution in [0.1, 0.15) is 46.5 Å². The van der Waals surface area contributed by atoms with Crippen molar-refractivity contribution in [2.24, 2.45) is 28.6 Å². The van der Waals surface area contributed by atoms with Crippen molar-refractivity contribution >= 4 is 23.5 Å². The zero-order valence-corrected chi connectivity index (χ0v) is 16.7. The fraction of sp³-hybridized carbons (Fsp3) is 0.714. The Labute approximate surface area is 163 Å². The third-order valence-corrected chi connectivity index (χ3v) is 9.20. The molecule has 27 heavy (non-hydrogen) atoms. The minimum absolute atomic E-state index is 0.0393. The lowest BCUT2D eigenvalue weighted by molar-refractivity contribution is -0.153. The molecular weight excluding hydrogens is 367 g/mol. The van der Waals surface area contributed by atoms with Crippen molar-refractivity contribution in [3.05, 3.63) is 23.6 Å². The number of ether oxygens (including phenoxy) is 1. The summed E-state index contributed by atoms with van der Waals surface area (Å²) in [5.74, 6) is -0.698. The summed E-state index contributed by atoms with van der Waals surface area (Å²) in [6.45, 7) is 5.81. The second-order valence-corrected chi connectivity index (χ2v) is 10.1. The van der Waals surface area contributed by atoms with Gasteiger partial charge >= 0.3 is 0 Å². The fourth-order valence-corrected chi connectivity index (χ4v) is 7.88. The molecular formula is C21H25FO4S. The van der Waals surface area contributed by atoms with Crippen molar-refractivity contribution < 1.29 is 23.8 Å². The molecule has 4 nitrogen and oxygen atoms in total. The molecule has 0 aromatic heterocycles. The minimum Gasteiger partial charge on any atom is -0.380 e. The molecule has 5 rings (SSSR count). The van der Waals surface area contributed by atoms with E-state index in [0.717, 1.165) is 0 Å². The predicted octanol–water partition coefficient (Wildman–Crippen LogP) is 3.16. The van der Waals surface area contributed by atoms with Gasteiger partial charge in [-0.3, -0.25) is 9.59 Å². The normalized spacial score (nSPS) is 55.6. The highest BCUT2D eigenvalue weighted by Crippen LogP contribution is 2.76. The van der Waals surface area contributed by atoms with Crippen LogP contribution in [0.25, 0.3) is 0 Å². The summed E-state index contributed by atoms with van der Waals surface area (Å²) >= 11 is 4.03. The minimum atomic E-state index is -1.53. The Morgan fingerprint density at radius 3 is 2.74 bits per heavy atom. The average molecular weight is 392 g/mol. The molecule has 3 fully saturated rings. The molecule has 3 unspecified atom stereocenters. The second-order valence-electron chi connectivity index (χ2n) is 9.71. The van der Waals surface area contributed by atoms with Crippen molar-refractivity contribution in [3.63, 3.8) is 0 Å². The van der Waals surface area contributed by atoms with Gasteiger partial charge in [-0.15, -0.1) is 12.6 Å². The van der Waals surface area contributed by atoms with E-state index in [2.05, 4.69) is 12.6 Å². The summed E-state index contributed by atoms with van der Waals surface area (Å²) in [6.07, 6.45) is 4.76. The first-order valence-corrected chi connectivity index (χ1v) is 10.2. The van der Waals surface area contributed by atoms with Gasteiger partial charge in [-0.25, -0.2) is 4.39 Å². The number of carbonyl (C=O) groups excluding carboxylic acids is 2. The summed E-state index contributed by atoms with van der Waals surface area (Å²) in [4.78, 5) is 24.3. The highest BCUT2D eigenvalue weighted by Gasteiger charge is 2.82. The maximum absolute atomic E-state index is 15.2. The van der Waals surface area contributed by atoms with Crippen LogP contribution in [0.15, 0.2) is 23.6 Å². The summed E-state index contributed by atoms with van der Waals surface area (Å²) in [5, 5.41) is 10.9. The number of aliphatic hydroxyl groups is 1. The van der Waals surface area contributed by atoms with Gasteiger partial charge in [0.05, 0.1) is 6.10 Å². The Morgan fingerprint density at radius 2 is 2.07 bits per heavy atom. The van der Waals surface area contributed by atoms with Crippen LogP contribution in [0.3, 0.4) is 0 Å². The number of thiol groups is 1. The van der Waals surface area contributed by atoms with Crippen molar-refractivity contribution in [3.8, 4) is 0 Å². The van der Waals surface area contributed by atoms with Gasteiger partial charge in [0.15, 0.2) is 5.78 Å². The van der Waals surface area contributed by atoms with Crippen LogP contribution >= 0.6 is 12.6 Å². The average Bonchev–Trinajstić information content (AvgIpc) is 3.27. The Hall–Kier alpha value is -0.980. The molecule has 2 saturated carbocycles. The molecule has 1 saturated heterocycles. The van der Waals surface area contributed by atoms with Gasteiger partial charge in [0, 0.05) is 29.6 Å². The quantitative estimate of drug-likeness (QED) is 0.531. The molecule has 0 amide bonds. The highest BCUT2D eigenvalue weighted by atomic mass is 32.1. The number of ketones is 1. The molecule has 1 heterocycles. The van der Waals surface area contributed by atoms with Crippen LogP contribution in [0.2, 0.25) is 0 Å². The van der Waals surface area contributed by atoms with E-state index in [1.54, 1.807) is 6.08 Å². The fourth-order valence-electron chi connectivity index (χ4n) is 7.41. The van der Waals surface area contributed by atoms with Gasteiger partial charge in [-0.1, -0.05) is 19.9 Å². The molecule has 0 bridgehead atoms. The molecule has 146 valence electrons. The van der Waals surface area contributed by atoms with E-state index in [1.165, 1.54) is 0 Å². The van der Waals surface area contributed by atoms with E-state index in [1.807, 2.05) is 26.8 Å². The van der Waals surface area contributed by atoms with Crippen molar-refractivity contribution in [1.29, 1.82) is 0 Å². The molecule has 0 aromatic carbocycles. The molecule has 1 spiro atoms. The van der Waals surface area contributed by atoms with E-state index < -0.39 is 27.1 Å². The number of carbonyl (C=O) groups is 2. The Balaban J connectivity index is 1.66. The number of halogens is 1. The monoisotopic (exact) mass is 392 g/mol. The first-order chi connectivity index (χ1) is 12.5. The second kappa shape index (κ2) is 4.95. The maximum atomic E-state index is 15.2. The van der Waals surface area contributed by atoms with Crippen LogP contribution in [-0.2, 0) is 14.3 Å². The largest absolute Gasteiger partial charge is 0.380 e. The SMILES string of the molecule is C[C@@H]1CC2C3CC(F)=C4CC(=O)C=C[C@]4(C)C34O[C@H]4C[C@]2(C)[C@@]1(O)C(=O)S. The van der Waals surface area contributed by atoms with Crippen LogP contribution in [0, 0.1) is 28.6 Å². The molecule has 4 aliphatic carbocycles. The zero-order valence-electron chi connectivity index (χ0n) is 15.8. The Morgan fingerprint density at radius 1 is 1.37 bits per heavy atom. The van der Waals surface area contributed by atoms with Gasteiger partial charge in [-0.2, -0.15) is 0 Å². The lowest BCUT2D eigenvalue weighted by Crippen LogP contribution is -2.61. The van der Waals surface area contributed by atoms with E-state index in [-0.39, 0.29) is 48.3 Å². The first-order valence-electron chi connectivity index (χ1n) is 9.76. The molecule has 6 heteroatoms. The number of allylic oxidation sites excluding steroid dienone is 2. The van der Waals surface area contributed by atoms with Crippen LogP contribution < -0.4 is 0 Å². The van der Waals surface area contributed by atoms with E-state index in [0.29, 0.717) is 18.4 Å². The third-order valence-electron chi connectivity index (χ3n) is 8.86. The number of hydrogen-bond donors (Lipinski definition) is 2. The van der Waals surface area contributed by atoms with Gasteiger partial charge in [-0.05, 0) is 43.3 Å². The summed E-state index contributed by atoms with van der Waals surface area (Å²) in [5.41, 5.74) is -2.84. The van der Waals surface area contributed by atoms with Crippen molar-refractivity contribution in [2.45, 2.75) is 63.8 Å². The smallest absolute Gasteiger partial charge is 0.218 e. The van der Waals surface area contributed by atoms with Crippen LogP contribution in [-0.4, -0.2) is 33.3 Å². The van der Waals surface area contributed by atoms with E-state index in [9.17, 15) is 14.7 Å². The third kappa shape index (κ3) is 1.75. The number of epoxide rings is 1. The number of rotatable bonds is 1. The summed E-state index contributed by atoms with van der Waals surface area (Å²) in [6, 6.07) is 0. The standard InChI is InChI=1S/C21H25FO4S/c1-10-6-12-13-8-15(22)14-7-11(23)4-5-18(14,2)21(13)16(26-21)9-19(12,3)20(10,25)17(24)27/h4-5,10,12-13,16,25H,6-9H2,1-3H3,(H,24,27)/t10-,12?,13?,16+,18+,19+,20+,21?/m1/s1. The van der Waals surface area contributed by atoms with E-state index in [4.69, 9.17) is 4.74 Å². The zero-order chi connectivity index (χ0) is 19.6. The molecule has 1 aliphatic heterocycles. The van der Waals surface area contributed by atoms with E-state index >= 15 is 4.39 Å². The van der Waals surface area contributed by atoms with Crippen molar-refractivity contribution in [2.75, 3.05) is 0 Å². The topological polar surface area (TPSA) is 66.9 Å². The molecule has 1 N–H and O–H groups in total. The first kappa shape index (κ1) is 18.1. The number of hydrogen-bond acceptors (Lipinski definition) is 4. The maximum Gasteiger partial charge on any atom is 0.218 e. The summed E-state index contributed by atoms with van der Waals surface area (Å²) in [7, 11) is 0. The molecule has 5 aliphatic rings. The lowest BCUT2D eigenvalue weighted by atomic mass is 9.47. The van der Waals surface area contributed by atoms with Crippen molar-refractivity contribution in [1.82, 2.24) is 0 Å². The Bertz CT molecular complexity index is 851. The van der Waals surface area contributed by atoms with Gasteiger partial charge < -0.3 is 9.84 Å². The predicted molar refractivity (Wildman–Crippen MR) is 99.7 cm³/mol. The summed E-state index contributed by atoms with van der Waals surface area (Å²) < 4.78 is 21.5. The molecule has 0 radical (unpaired) electrons. The molecule has 0 aromatic rings. The highest BCUT2D eigenvalue weighted by molar-refractivity contribution is 7.96. The van der Waals surface area contributed by atoms with Gasteiger partial charge in [0.25, 0.3) is 0 Å². The lowest BCUT2D eigenvalue weighted by Gasteiger charge is -2.54. The molecule has 8 atom stereocenters. The van der Waals surface area contributed by atoms with Gasteiger partial charge in [0.1, 0.15) is 17.0 Å². The number of fused-ring (bicyclic) bond motifs is 3. The van der Waals surface area contributed by atoms with Crippen LogP contribution in [0.5, 0.6) is 0 Å². The van der Waals surface area contributed by atoms with Gasteiger partial charge in [0.2, 0.25) is 5.12 Å². The Kier molecular flexibility index (Phi) is 3.31.